The fourth-order valence-corrected chi connectivity index (χ4v) is 0.870. The Morgan fingerprint density at radius 2 is 2.00 bits per heavy atom. The predicted molar refractivity (Wildman–Crippen MR) is 41.1 cm³/mol. The number of alkyl halides is 3. The average Bonchev–Trinajstić information content (AvgIpc) is 2.01. The van der Waals surface area contributed by atoms with Crippen molar-refractivity contribution >= 4 is 0 Å². The van der Waals surface area contributed by atoms with Crippen molar-refractivity contribution in [3.8, 4) is 5.75 Å². The van der Waals surface area contributed by atoms with Gasteiger partial charge in [0.25, 0.3) is 0 Å². The smallest absolute Gasteiger partial charge is 0.406 e. The molecule has 0 aliphatic carbocycles. The van der Waals surface area contributed by atoms with Gasteiger partial charge in [-0.3, -0.25) is 0 Å². The summed E-state index contributed by atoms with van der Waals surface area (Å²) in [6, 6.07) is 5.58. The molecule has 0 spiro atoms. The van der Waals surface area contributed by atoms with Gasteiger partial charge in [-0.1, -0.05) is 12.1 Å². The van der Waals surface area contributed by atoms with Crippen LogP contribution in [0.15, 0.2) is 24.3 Å². The minimum atomic E-state index is -4.65. The molecule has 70 valence electrons. The molecule has 0 atom stereocenters. The molecule has 0 unspecified atom stereocenters. The van der Waals surface area contributed by atoms with Gasteiger partial charge in [0.2, 0.25) is 0 Å². The molecular weight excluding hydrogens is 181 g/mol. The van der Waals surface area contributed by atoms with Crippen LogP contribution in [0.3, 0.4) is 0 Å². The summed E-state index contributed by atoms with van der Waals surface area (Å²) in [6.45, 7) is 5.25. The molecule has 1 rings (SSSR count). The van der Waals surface area contributed by atoms with Crippen LogP contribution in [0.4, 0.5) is 13.2 Å². The SMILES string of the molecule is [CH]Cc1cccc(OC(F)(F)F)c1. The Morgan fingerprint density at radius 3 is 2.54 bits per heavy atom. The summed E-state index contributed by atoms with van der Waals surface area (Å²) in [5, 5.41) is 0. The molecule has 1 nitrogen and oxygen atoms in total. The van der Waals surface area contributed by atoms with Gasteiger partial charge < -0.3 is 4.74 Å². The quantitative estimate of drug-likeness (QED) is 0.693. The van der Waals surface area contributed by atoms with E-state index in [-0.39, 0.29) is 12.2 Å². The molecule has 0 aromatic heterocycles. The fourth-order valence-electron chi connectivity index (χ4n) is 0.870. The average molecular weight is 188 g/mol. The second kappa shape index (κ2) is 3.68. The summed E-state index contributed by atoms with van der Waals surface area (Å²) in [7, 11) is 0. The van der Waals surface area contributed by atoms with Crippen LogP contribution in [0.5, 0.6) is 5.75 Å². The van der Waals surface area contributed by atoms with E-state index in [1.807, 2.05) is 0 Å². The largest absolute Gasteiger partial charge is 0.573 e. The summed E-state index contributed by atoms with van der Waals surface area (Å²) in [6.07, 6.45) is -4.46. The first-order chi connectivity index (χ1) is 6.01. The topological polar surface area (TPSA) is 9.23 Å². The van der Waals surface area contributed by atoms with Crippen molar-refractivity contribution in [2.45, 2.75) is 12.8 Å². The van der Waals surface area contributed by atoms with Crippen molar-refractivity contribution in [2.24, 2.45) is 0 Å². The third kappa shape index (κ3) is 3.36. The second-order valence-corrected chi connectivity index (χ2v) is 2.40. The molecule has 0 fully saturated rings. The third-order valence-electron chi connectivity index (χ3n) is 1.37. The van der Waals surface area contributed by atoms with E-state index in [1.165, 1.54) is 18.2 Å². The van der Waals surface area contributed by atoms with Crippen molar-refractivity contribution < 1.29 is 17.9 Å². The Morgan fingerprint density at radius 1 is 1.31 bits per heavy atom. The molecule has 0 saturated heterocycles. The van der Waals surface area contributed by atoms with E-state index in [0.29, 0.717) is 5.56 Å². The van der Waals surface area contributed by atoms with E-state index < -0.39 is 6.36 Å². The number of benzene rings is 1. The molecule has 0 aliphatic rings. The van der Waals surface area contributed by atoms with Crippen LogP contribution < -0.4 is 4.74 Å². The summed E-state index contributed by atoms with van der Waals surface area (Å²) < 4.78 is 38.9. The van der Waals surface area contributed by atoms with Crippen LogP contribution in [0.2, 0.25) is 0 Å². The molecule has 0 bridgehead atoms. The molecule has 4 heteroatoms. The zero-order chi connectivity index (χ0) is 9.90. The first kappa shape index (κ1) is 9.89. The standard InChI is InChI=1S/C9H7F3O/c1-2-7-4-3-5-8(6-7)13-9(10,11)12/h1,3-6H,2H2. The predicted octanol–water partition coefficient (Wildman–Crippen LogP) is 2.84. The lowest BCUT2D eigenvalue weighted by Crippen LogP contribution is -2.17. The highest BCUT2D eigenvalue weighted by molar-refractivity contribution is 5.28. The normalized spacial score (nSPS) is 11.4. The van der Waals surface area contributed by atoms with Crippen molar-refractivity contribution in [1.29, 1.82) is 0 Å². The van der Waals surface area contributed by atoms with Crippen molar-refractivity contribution in [2.75, 3.05) is 0 Å². The van der Waals surface area contributed by atoms with Crippen LogP contribution in [-0.4, -0.2) is 6.36 Å². The molecular formula is C9H7F3O. The van der Waals surface area contributed by atoms with Crippen molar-refractivity contribution in [1.82, 2.24) is 0 Å². The Hall–Kier alpha value is -1.19. The van der Waals surface area contributed by atoms with Gasteiger partial charge in [-0.15, -0.1) is 13.2 Å². The van der Waals surface area contributed by atoms with Gasteiger partial charge in [0.05, 0.1) is 0 Å². The van der Waals surface area contributed by atoms with E-state index in [1.54, 1.807) is 6.07 Å². The molecule has 0 saturated carbocycles. The lowest BCUT2D eigenvalue weighted by atomic mass is 10.2. The van der Waals surface area contributed by atoms with E-state index >= 15 is 0 Å². The highest BCUT2D eigenvalue weighted by Crippen LogP contribution is 2.23. The number of rotatable bonds is 2. The Balaban J connectivity index is 2.78. The first-order valence-electron chi connectivity index (χ1n) is 3.56. The van der Waals surface area contributed by atoms with Crippen molar-refractivity contribution in [3.63, 3.8) is 0 Å². The number of hydrogen-bond acceptors (Lipinski definition) is 1. The zero-order valence-corrected chi connectivity index (χ0v) is 6.64. The molecule has 1 aromatic carbocycles. The Kier molecular flexibility index (Phi) is 2.80. The highest BCUT2D eigenvalue weighted by atomic mass is 19.4. The molecule has 1 aromatic rings. The maximum absolute atomic E-state index is 11.7. The maximum Gasteiger partial charge on any atom is 0.573 e. The molecule has 2 radical (unpaired) electrons. The Bertz CT molecular complexity index is 280. The van der Waals surface area contributed by atoms with Crippen LogP contribution in [-0.2, 0) is 6.42 Å². The maximum atomic E-state index is 11.7. The van der Waals surface area contributed by atoms with E-state index in [2.05, 4.69) is 4.74 Å². The van der Waals surface area contributed by atoms with Crippen molar-refractivity contribution in [3.05, 3.63) is 36.8 Å². The second-order valence-electron chi connectivity index (χ2n) is 2.40. The van der Waals surface area contributed by atoms with Gasteiger partial charge in [0.1, 0.15) is 5.75 Å². The van der Waals surface area contributed by atoms with Gasteiger partial charge in [0, 0.05) is 0 Å². The summed E-state index contributed by atoms with van der Waals surface area (Å²) in [4.78, 5) is 0. The fraction of sp³-hybridized carbons (Fsp3) is 0.222. The highest BCUT2D eigenvalue weighted by Gasteiger charge is 2.30. The van der Waals surface area contributed by atoms with Gasteiger partial charge in [-0.2, -0.15) is 0 Å². The monoisotopic (exact) mass is 188 g/mol. The minimum Gasteiger partial charge on any atom is -0.406 e. The van der Waals surface area contributed by atoms with Gasteiger partial charge >= 0.3 is 6.36 Å². The Labute approximate surface area is 74.1 Å². The van der Waals surface area contributed by atoms with E-state index in [9.17, 15) is 13.2 Å². The molecule has 0 aliphatic heterocycles. The lowest BCUT2D eigenvalue weighted by molar-refractivity contribution is -0.274. The van der Waals surface area contributed by atoms with E-state index in [4.69, 9.17) is 6.92 Å². The molecule has 0 N–H and O–H groups in total. The lowest BCUT2D eigenvalue weighted by Gasteiger charge is -2.09. The summed E-state index contributed by atoms with van der Waals surface area (Å²) >= 11 is 0. The number of ether oxygens (including phenoxy) is 1. The summed E-state index contributed by atoms with van der Waals surface area (Å²) in [5.41, 5.74) is 0.599. The third-order valence-corrected chi connectivity index (χ3v) is 1.37. The number of hydrogen-bond donors (Lipinski definition) is 0. The minimum absolute atomic E-state index is 0.190. The molecule has 0 amide bonds. The van der Waals surface area contributed by atoms with Crippen LogP contribution in [0.1, 0.15) is 5.56 Å². The summed E-state index contributed by atoms with van der Waals surface area (Å²) in [5.74, 6) is -0.240. The van der Waals surface area contributed by atoms with E-state index in [0.717, 1.165) is 0 Å². The zero-order valence-electron chi connectivity index (χ0n) is 6.64. The first-order valence-corrected chi connectivity index (χ1v) is 3.56. The van der Waals surface area contributed by atoms with Gasteiger partial charge in [-0.25, -0.2) is 0 Å². The molecule has 0 heterocycles. The van der Waals surface area contributed by atoms with Crippen LogP contribution in [0.25, 0.3) is 0 Å². The van der Waals surface area contributed by atoms with Crippen LogP contribution >= 0.6 is 0 Å². The van der Waals surface area contributed by atoms with Gasteiger partial charge in [-0.05, 0) is 31.0 Å². The van der Waals surface area contributed by atoms with Crippen LogP contribution in [0, 0.1) is 6.92 Å². The number of halogens is 3. The van der Waals surface area contributed by atoms with Gasteiger partial charge in [0.15, 0.2) is 0 Å². The molecule has 13 heavy (non-hydrogen) atoms.